The number of benzene rings is 1. The zero-order valence-electron chi connectivity index (χ0n) is 10.7. The van der Waals surface area contributed by atoms with Gasteiger partial charge in [-0.15, -0.1) is 0 Å². The minimum atomic E-state index is 0.688. The van der Waals surface area contributed by atoms with E-state index in [1.807, 2.05) is 43.7 Å². The quantitative estimate of drug-likeness (QED) is 0.849. The van der Waals surface area contributed by atoms with Crippen molar-refractivity contribution in [3.05, 3.63) is 36.8 Å². The molecule has 4 nitrogen and oxygen atoms in total. The number of hydrogen-bond acceptors (Lipinski definition) is 3. The van der Waals surface area contributed by atoms with Crippen molar-refractivity contribution in [3.8, 4) is 17.0 Å². The lowest BCUT2D eigenvalue weighted by Crippen LogP contribution is -2.03. The fourth-order valence-electron chi connectivity index (χ4n) is 1.79. The maximum atomic E-state index is 5.49. The van der Waals surface area contributed by atoms with Crippen LogP contribution in [0.25, 0.3) is 11.3 Å². The normalized spacial score (nSPS) is 10.6. The van der Waals surface area contributed by atoms with Gasteiger partial charge < -0.3 is 15.0 Å². The molecule has 0 bridgehead atoms. The van der Waals surface area contributed by atoms with Gasteiger partial charge >= 0.3 is 0 Å². The summed E-state index contributed by atoms with van der Waals surface area (Å²) in [6.07, 6.45) is 4.87. The van der Waals surface area contributed by atoms with Gasteiger partial charge in [-0.05, 0) is 44.2 Å². The number of aryl methyl sites for hydroxylation is 1. The standard InChI is InChI=1S/C14H19N3O/c1-2-18-13-6-4-12(5-7-13)14-10-17(11-16-14)9-3-8-15/h4-7,10-11H,2-3,8-9,15H2,1H3. The first kappa shape index (κ1) is 12.6. The van der Waals surface area contributed by atoms with Crippen LogP contribution in [0.4, 0.5) is 0 Å². The SMILES string of the molecule is CCOc1ccc(-c2cn(CCCN)cn2)cc1. The molecule has 18 heavy (non-hydrogen) atoms. The maximum Gasteiger partial charge on any atom is 0.119 e. The van der Waals surface area contributed by atoms with Crippen LogP contribution in [0.2, 0.25) is 0 Å². The zero-order chi connectivity index (χ0) is 12.8. The van der Waals surface area contributed by atoms with Gasteiger partial charge in [0.05, 0.1) is 18.6 Å². The van der Waals surface area contributed by atoms with Crippen molar-refractivity contribution in [2.24, 2.45) is 5.73 Å². The van der Waals surface area contributed by atoms with Crippen LogP contribution in [0, 0.1) is 0 Å². The van der Waals surface area contributed by atoms with Gasteiger partial charge in [0.15, 0.2) is 0 Å². The summed E-state index contributed by atoms with van der Waals surface area (Å²) in [7, 11) is 0. The number of nitrogens with two attached hydrogens (primary N) is 1. The minimum absolute atomic E-state index is 0.688. The Labute approximate surface area is 107 Å². The fourth-order valence-corrected chi connectivity index (χ4v) is 1.79. The number of hydrogen-bond donors (Lipinski definition) is 1. The predicted octanol–water partition coefficient (Wildman–Crippen LogP) is 2.30. The van der Waals surface area contributed by atoms with Crippen LogP contribution in [0.15, 0.2) is 36.8 Å². The highest BCUT2D eigenvalue weighted by Gasteiger charge is 2.02. The van der Waals surface area contributed by atoms with Crippen molar-refractivity contribution < 1.29 is 4.74 Å². The van der Waals surface area contributed by atoms with Gasteiger partial charge in [0.1, 0.15) is 5.75 Å². The van der Waals surface area contributed by atoms with Crippen molar-refractivity contribution in [1.29, 1.82) is 0 Å². The Morgan fingerprint density at radius 2 is 2.06 bits per heavy atom. The highest BCUT2D eigenvalue weighted by Crippen LogP contribution is 2.20. The van der Waals surface area contributed by atoms with Crippen molar-refractivity contribution in [1.82, 2.24) is 9.55 Å². The summed E-state index contributed by atoms with van der Waals surface area (Å²) < 4.78 is 7.48. The van der Waals surface area contributed by atoms with E-state index in [4.69, 9.17) is 10.5 Å². The lowest BCUT2D eigenvalue weighted by molar-refractivity contribution is 0.340. The van der Waals surface area contributed by atoms with Crippen LogP contribution < -0.4 is 10.5 Å². The third-order valence-electron chi connectivity index (χ3n) is 2.71. The molecule has 0 amide bonds. The molecule has 0 aliphatic rings. The molecule has 2 N–H and O–H groups in total. The van der Waals surface area contributed by atoms with E-state index in [-0.39, 0.29) is 0 Å². The molecular formula is C14H19N3O. The smallest absolute Gasteiger partial charge is 0.119 e. The third-order valence-corrected chi connectivity index (χ3v) is 2.71. The Hall–Kier alpha value is -1.81. The summed E-state index contributed by atoms with van der Waals surface area (Å²) in [4.78, 5) is 4.40. The Kier molecular flexibility index (Phi) is 4.36. The van der Waals surface area contributed by atoms with Crippen molar-refractivity contribution >= 4 is 0 Å². The van der Waals surface area contributed by atoms with Gasteiger partial charge in [0, 0.05) is 18.3 Å². The van der Waals surface area contributed by atoms with E-state index in [1.54, 1.807) is 0 Å². The molecule has 0 aliphatic carbocycles. The van der Waals surface area contributed by atoms with Crippen molar-refractivity contribution in [2.75, 3.05) is 13.2 Å². The molecule has 2 aromatic rings. The van der Waals surface area contributed by atoms with E-state index >= 15 is 0 Å². The fraction of sp³-hybridized carbons (Fsp3) is 0.357. The lowest BCUT2D eigenvalue weighted by atomic mass is 10.2. The Balaban J connectivity index is 2.08. The van der Waals surface area contributed by atoms with Crippen LogP contribution in [0.1, 0.15) is 13.3 Å². The maximum absolute atomic E-state index is 5.49. The lowest BCUT2D eigenvalue weighted by Gasteiger charge is -2.03. The van der Waals surface area contributed by atoms with Crippen LogP contribution in [0.5, 0.6) is 5.75 Å². The first-order valence-corrected chi connectivity index (χ1v) is 6.28. The molecule has 4 heteroatoms. The van der Waals surface area contributed by atoms with E-state index in [9.17, 15) is 0 Å². The number of imidazole rings is 1. The molecule has 1 aromatic heterocycles. The zero-order valence-corrected chi connectivity index (χ0v) is 10.7. The molecule has 1 heterocycles. The Morgan fingerprint density at radius 3 is 2.72 bits per heavy atom. The van der Waals surface area contributed by atoms with E-state index in [2.05, 4.69) is 9.55 Å². The van der Waals surface area contributed by atoms with E-state index in [0.717, 1.165) is 30.0 Å². The topological polar surface area (TPSA) is 53.1 Å². The molecule has 0 aliphatic heterocycles. The highest BCUT2D eigenvalue weighted by atomic mass is 16.5. The van der Waals surface area contributed by atoms with Gasteiger partial charge in [-0.1, -0.05) is 0 Å². The molecule has 96 valence electrons. The molecule has 0 spiro atoms. The van der Waals surface area contributed by atoms with Crippen molar-refractivity contribution in [2.45, 2.75) is 19.9 Å². The molecular weight excluding hydrogens is 226 g/mol. The van der Waals surface area contributed by atoms with Gasteiger partial charge in [0.25, 0.3) is 0 Å². The van der Waals surface area contributed by atoms with Crippen LogP contribution >= 0.6 is 0 Å². The number of ether oxygens (including phenoxy) is 1. The molecule has 2 rings (SSSR count). The second-order valence-electron chi connectivity index (χ2n) is 4.10. The largest absolute Gasteiger partial charge is 0.494 e. The van der Waals surface area contributed by atoms with Crippen LogP contribution in [0.3, 0.4) is 0 Å². The van der Waals surface area contributed by atoms with Crippen molar-refractivity contribution in [3.63, 3.8) is 0 Å². The summed E-state index contributed by atoms with van der Waals surface area (Å²) >= 11 is 0. The third kappa shape index (κ3) is 3.11. The first-order chi connectivity index (χ1) is 8.83. The summed E-state index contributed by atoms with van der Waals surface area (Å²) in [6.45, 7) is 4.29. The monoisotopic (exact) mass is 245 g/mol. The molecule has 0 atom stereocenters. The second-order valence-corrected chi connectivity index (χ2v) is 4.10. The number of rotatable bonds is 6. The summed E-state index contributed by atoms with van der Waals surface area (Å²) in [5.41, 5.74) is 7.58. The van der Waals surface area contributed by atoms with Gasteiger partial charge in [0.2, 0.25) is 0 Å². The summed E-state index contributed by atoms with van der Waals surface area (Å²) in [6, 6.07) is 8.00. The molecule has 0 saturated carbocycles. The van der Waals surface area contributed by atoms with E-state index in [1.165, 1.54) is 0 Å². The minimum Gasteiger partial charge on any atom is -0.494 e. The molecule has 0 unspecified atom stereocenters. The van der Waals surface area contributed by atoms with Gasteiger partial charge in [-0.3, -0.25) is 0 Å². The van der Waals surface area contributed by atoms with Crippen LogP contribution in [-0.2, 0) is 6.54 Å². The van der Waals surface area contributed by atoms with E-state index in [0.29, 0.717) is 13.2 Å². The van der Waals surface area contributed by atoms with Gasteiger partial charge in [-0.2, -0.15) is 0 Å². The second kappa shape index (κ2) is 6.21. The van der Waals surface area contributed by atoms with E-state index < -0.39 is 0 Å². The predicted molar refractivity (Wildman–Crippen MR) is 72.5 cm³/mol. The Morgan fingerprint density at radius 1 is 1.28 bits per heavy atom. The molecule has 0 fully saturated rings. The average Bonchev–Trinajstić information content (AvgIpc) is 2.86. The molecule has 0 saturated heterocycles. The van der Waals surface area contributed by atoms with Crippen LogP contribution in [-0.4, -0.2) is 22.7 Å². The summed E-state index contributed by atoms with van der Waals surface area (Å²) in [5, 5.41) is 0. The number of aromatic nitrogens is 2. The molecule has 0 radical (unpaired) electrons. The number of nitrogens with zero attached hydrogens (tertiary/aromatic N) is 2. The van der Waals surface area contributed by atoms with Gasteiger partial charge in [-0.25, -0.2) is 4.98 Å². The average molecular weight is 245 g/mol. The highest BCUT2D eigenvalue weighted by molar-refractivity contribution is 5.59. The summed E-state index contributed by atoms with van der Waals surface area (Å²) in [5.74, 6) is 0.892. The first-order valence-electron chi connectivity index (χ1n) is 6.28. The molecule has 1 aromatic carbocycles. The Bertz CT molecular complexity index is 476.